The minimum absolute atomic E-state index is 0.0140. The van der Waals surface area contributed by atoms with Gasteiger partial charge in [-0.3, -0.25) is 9.78 Å². The summed E-state index contributed by atoms with van der Waals surface area (Å²) in [5.41, 5.74) is 2.35. The lowest BCUT2D eigenvalue weighted by atomic mass is 10.1. The molecule has 0 radical (unpaired) electrons. The Morgan fingerprint density at radius 1 is 0.957 bits per heavy atom. The lowest BCUT2D eigenvalue weighted by Crippen LogP contribution is -2.44. The molecular formula is C34H36FN7O4. The summed E-state index contributed by atoms with van der Waals surface area (Å²) >= 11 is 0. The van der Waals surface area contributed by atoms with Crippen molar-refractivity contribution >= 4 is 22.5 Å². The first-order valence-electron chi connectivity index (χ1n) is 15.2. The molecule has 12 heteroatoms. The number of halogens is 1. The van der Waals surface area contributed by atoms with Crippen molar-refractivity contribution in [2.75, 3.05) is 58.8 Å². The molecule has 3 heterocycles. The Labute approximate surface area is 266 Å². The smallest absolute Gasteiger partial charge is 0.278 e. The summed E-state index contributed by atoms with van der Waals surface area (Å²) in [6.45, 7) is 7.57. The number of fused-ring (bicyclic) bond motifs is 1. The van der Waals surface area contributed by atoms with Crippen LogP contribution in [0.1, 0.15) is 22.6 Å². The van der Waals surface area contributed by atoms with Crippen molar-refractivity contribution in [3.63, 3.8) is 0 Å². The third-order valence-corrected chi connectivity index (χ3v) is 7.98. The van der Waals surface area contributed by atoms with Gasteiger partial charge in [0.2, 0.25) is 0 Å². The monoisotopic (exact) mass is 625 g/mol. The molecule has 2 aromatic heterocycles. The molecule has 1 fully saturated rings. The van der Waals surface area contributed by atoms with Crippen LogP contribution < -0.4 is 19.5 Å². The minimum Gasteiger partial charge on any atom is -0.493 e. The van der Waals surface area contributed by atoms with Crippen molar-refractivity contribution in [2.24, 2.45) is 0 Å². The number of nitrogens with one attached hydrogen (secondary N) is 1. The molecule has 5 aromatic rings. The second kappa shape index (κ2) is 13.9. The first-order valence-corrected chi connectivity index (χ1v) is 15.2. The molecule has 0 atom stereocenters. The van der Waals surface area contributed by atoms with E-state index in [4.69, 9.17) is 14.2 Å². The van der Waals surface area contributed by atoms with E-state index in [-0.39, 0.29) is 17.1 Å². The van der Waals surface area contributed by atoms with E-state index in [0.717, 1.165) is 44.8 Å². The second-order valence-electron chi connectivity index (χ2n) is 11.1. The summed E-state index contributed by atoms with van der Waals surface area (Å²) in [6.07, 6.45) is 2.49. The number of rotatable bonds is 11. The van der Waals surface area contributed by atoms with Crippen molar-refractivity contribution in [3.05, 3.63) is 90.1 Å². The van der Waals surface area contributed by atoms with Gasteiger partial charge in [0.1, 0.15) is 5.75 Å². The number of amides is 1. The summed E-state index contributed by atoms with van der Waals surface area (Å²) in [7, 11) is 3.72. The van der Waals surface area contributed by atoms with Gasteiger partial charge < -0.3 is 29.3 Å². The van der Waals surface area contributed by atoms with Crippen LogP contribution in [0.25, 0.3) is 16.6 Å². The zero-order chi connectivity index (χ0) is 32.0. The van der Waals surface area contributed by atoms with Crippen LogP contribution in [0, 0.1) is 12.7 Å². The van der Waals surface area contributed by atoms with Crippen LogP contribution in [0.2, 0.25) is 0 Å². The van der Waals surface area contributed by atoms with Gasteiger partial charge in [-0.15, -0.1) is 5.10 Å². The molecule has 1 amide bonds. The van der Waals surface area contributed by atoms with Gasteiger partial charge in [0, 0.05) is 62.1 Å². The number of methoxy groups -OCH3 is 1. The second-order valence-corrected chi connectivity index (χ2v) is 11.1. The van der Waals surface area contributed by atoms with Crippen LogP contribution in [0.15, 0.2) is 72.9 Å². The molecule has 11 nitrogen and oxygen atoms in total. The molecule has 0 bridgehead atoms. The molecule has 46 heavy (non-hydrogen) atoms. The number of ether oxygens (including phenoxy) is 3. The largest absolute Gasteiger partial charge is 0.493 e. The van der Waals surface area contributed by atoms with Crippen molar-refractivity contribution in [3.8, 4) is 28.7 Å². The number of hydrogen-bond acceptors (Lipinski definition) is 9. The predicted octanol–water partition coefficient (Wildman–Crippen LogP) is 5.33. The van der Waals surface area contributed by atoms with E-state index in [1.165, 1.54) is 12.1 Å². The standard InChI is InChI=1S/C34H36FN7O4/c1-23-33(38-39-42(23)25-8-5-4-6-9-25)34(43)37-24-10-11-30(27(35)20-24)46-29-12-13-36-28-22-32(31(44-3)21-26(28)29)45-19-7-14-41-17-15-40(2)16-18-41/h4-6,8-13,20-22H,7,14-19H2,1-3H3,(H,37,43). The van der Waals surface area contributed by atoms with E-state index >= 15 is 4.39 Å². The summed E-state index contributed by atoms with van der Waals surface area (Å²) < 4.78 is 34.5. The molecule has 1 N–H and O–H groups in total. The third-order valence-electron chi connectivity index (χ3n) is 7.98. The number of aromatic nitrogens is 4. The average molecular weight is 626 g/mol. The first-order chi connectivity index (χ1) is 22.4. The zero-order valence-electron chi connectivity index (χ0n) is 26.1. The van der Waals surface area contributed by atoms with Gasteiger partial charge in [-0.1, -0.05) is 23.4 Å². The van der Waals surface area contributed by atoms with E-state index < -0.39 is 11.7 Å². The van der Waals surface area contributed by atoms with Crippen LogP contribution in [0.3, 0.4) is 0 Å². The van der Waals surface area contributed by atoms with Gasteiger partial charge in [0.15, 0.2) is 28.8 Å². The zero-order valence-corrected chi connectivity index (χ0v) is 26.1. The third kappa shape index (κ3) is 6.93. The van der Waals surface area contributed by atoms with E-state index in [9.17, 15) is 4.79 Å². The number of benzene rings is 3. The van der Waals surface area contributed by atoms with Gasteiger partial charge >= 0.3 is 0 Å². The summed E-state index contributed by atoms with van der Waals surface area (Å²) in [6, 6.07) is 18.8. The van der Waals surface area contributed by atoms with Gasteiger partial charge in [0.05, 0.1) is 30.6 Å². The Hall–Kier alpha value is -5.07. The number of nitrogens with zero attached hydrogens (tertiary/aromatic N) is 6. The van der Waals surface area contributed by atoms with E-state index in [1.807, 2.05) is 36.4 Å². The fourth-order valence-electron chi connectivity index (χ4n) is 5.36. The van der Waals surface area contributed by atoms with Crippen molar-refractivity contribution in [1.82, 2.24) is 29.8 Å². The number of likely N-dealkylation sites (N-methyl/N-ethyl adjacent to an activating group) is 1. The van der Waals surface area contributed by atoms with Crippen LogP contribution in [-0.4, -0.2) is 89.2 Å². The average Bonchev–Trinajstić information content (AvgIpc) is 3.46. The molecule has 0 spiro atoms. The maximum atomic E-state index is 15.3. The molecule has 0 saturated carbocycles. The van der Waals surface area contributed by atoms with Crippen LogP contribution in [-0.2, 0) is 0 Å². The number of carbonyl (C=O) groups excluding carboxylic acids is 1. The van der Waals surface area contributed by atoms with Crippen LogP contribution in [0.5, 0.6) is 23.0 Å². The number of anilines is 1. The summed E-state index contributed by atoms with van der Waals surface area (Å²) in [5, 5.41) is 11.5. The number of carbonyl (C=O) groups is 1. The first kappa shape index (κ1) is 30.9. The molecule has 1 aliphatic rings. The normalized spacial score (nSPS) is 13.9. The molecule has 0 unspecified atom stereocenters. The van der Waals surface area contributed by atoms with Crippen molar-refractivity contribution in [2.45, 2.75) is 13.3 Å². The lowest BCUT2D eigenvalue weighted by Gasteiger charge is -2.32. The maximum Gasteiger partial charge on any atom is 0.278 e. The fraction of sp³-hybridized carbons (Fsp3) is 0.294. The molecule has 238 valence electrons. The molecule has 0 aliphatic carbocycles. The Morgan fingerprint density at radius 3 is 2.52 bits per heavy atom. The van der Waals surface area contributed by atoms with Gasteiger partial charge in [-0.2, -0.15) is 0 Å². The highest BCUT2D eigenvalue weighted by atomic mass is 19.1. The number of para-hydroxylation sites is 1. The van der Waals surface area contributed by atoms with Gasteiger partial charge in [-0.05, 0) is 56.8 Å². The molecular weight excluding hydrogens is 589 g/mol. The predicted molar refractivity (Wildman–Crippen MR) is 173 cm³/mol. The molecule has 1 aliphatic heterocycles. The van der Waals surface area contributed by atoms with Crippen molar-refractivity contribution in [1.29, 1.82) is 0 Å². The van der Waals surface area contributed by atoms with E-state index in [0.29, 0.717) is 40.5 Å². The Morgan fingerprint density at radius 2 is 1.76 bits per heavy atom. The Balaban J connectivity index is 1.12. The van der Waals surface area contributed by atoms with Crippen LogP contribution in [0.4, 0.5) is 10.1 Å². The number of piperazine rings is 1. The molecule has 1 saturated heterocycles. The van der Waals surface area contributed by atoms with Gasteiger partial charge in [0.25, 0.3) is 5.91 Å². The molecule has 3 aromatic carbocycles. The quantitative estimate of drug-likeness (QED) is 0.195. The SMILES string of the molecule is COc1cc2c(Oc3ccc(NC(=O)c4nnn(-c5ccccc5)c4C)cc3F)ccnc2cc1OCCCN1CCN(C)CC1. The van der Waals surface area contributed by atoms with Crippen LogP contribution >= 0.6 is 0 Å². The topological polar surface area (TPSA) is 107 Å². The summed E-state index contributed by atoms with van der Waals surface area (Å²) in [5.74, 6) is 0.344. The minimum atomic E-state index is -0.653. The van der Waals surface area contributed by atoms with Gasteiger partial charge in [-0.25, -0.2) is 9.07 Å². The number of hydrogen-bond donors (Lipinski definition) is 1. The number of pyridine rings is 1. The van der Waals surface area contributed by atoms with E-state index in [1.54, 1.807) is 43.1 Å². The highest BCUT2D eigenvalue weighted by Crippen LogP contribution is 2.38. The Kier molecular flexibility index (Phi) is 9.36. The highest BCUT2D eigenvalue weighted by molar-refractivity contribution is 6.03. The summed E-state index contributed by atoms with van der Waals surface area (Å²) in [4.78, 5) is 22.2. The fourth-order valence-corrected chi connectivity index (χ4v) is 5.36. The van der Waals surface area contributed by atoms with Crippen molar-refractivity contribution < 1.29 is 23.4 Å². The van der Waals surface area contributed by atoms with E-state index in [2.05, 4.69) is 37.5 Å². The molecule has 6 rings (SSSR count). The highest BCUT2D eigenvalue weighted by Gasteiger charge is 2.19. The maximum absolute atomic E-state index is 15.3. The lowest BCUT2D eigenvalue weighted by molar-refractivity contribution is 0.102. The Bertz CT molecular complexity index is 1820.